The Morgan fingerprint density at radius 3 is 2.60 bits per heavy atom. The fourth-order valence-corrected chi connectivity index (χ4v) is 3.34. The topological polar surface area (TPSA) is 21.3 Å². The molecule has 2 rings (SSSR count). The fourth-order valence-electron chi connectivity index (χ4n) is 3.34. The normalized spacial score (nSPS) is 23.4. The third-order valence-corrected chi connectivity index (χ3v) is 4.69. The maximum Gasteiger partial charge on any atom is 0.0692 e. The summed E-state index contributed by atoms with van der Waals surface area (Å²) in [6, 6.07) is 11.9. The van der Waals surface area contributed by atoms with Crippen LogP contribution in [0, 0.1) is 0 Å². The van der Waals surface area contributed by atoms with Crippen molar-refractivity contribution in [3.05, 3.63) is 35.9 Å². The highest BCUT2D eigenvalue weighted by atomic mass is 16.5. The van der Waals surface area contributed by atoms with Crippen molar-refractivity contribution >= 4 is 0 Å². The molecule has 2 heteroatoms. The van der Waals surface area contributed by atoms with Crippen LogP contribution in [0.15, 0.2) is 30.3 Å². The minimum absolute atomic E-state index is 0.113. The lowest BCUT2D eigenvalue weighted by Crippen LogP contribution is -2.49. The summed E-state index contributed by atoms with van der Waals surface area (Å²) in [5, 5.41) is 3.81. The average molecular weight is 275 g/mol. The van der Waals surface area contributed by atoms with Gasteiger partial charge in [-0.1, -0.05) is 44.2 Å². The molecule has 0 amide bonds. The quantitative estimate of drug-likeness (QED) is 0.849. The van der Waals surface area contributed by atoms with E-state index in [1.54, 1.807) is 0 Å². The van der Waals surface area contributed by atoms with Crippen molar-refractivity contribution in [2.45, 2.75) is 70.6 Å². The third-order valence-electron chi connectivity index (χ3n) is 4.69. The average Bonchev–Trinajstić information content (AvgIpc) is 2.48. The Kier molecular flexibility index (Phi) is 5.62. The number of hydrogen-bond acceptors (Lipinski definition) is 2. The molecule has 0 saturated carbocycles. The molecule has 0 aromatic heterocycles. The van der Waals surface area contributed by atoms with Crippen molar-refractivity contribution < 1.29 is 4.74 Å². The highest BCUT2D eigenvalue weighted by Crippen LogP contribution is 2.31. The van der Waals surface area contributed by atoms with Crippen molar-refractivity contribution in [3.63, 3.8) is 0 Å². The Morgan fingerprint density at radius 1 is 1.25 bits per heavy atom. The molecule has 1 aromatic rings. The molecule has 2 unspecified atom stereocenters. The molecular weight excluding hydrogens is 246 g/mol. The van der Waals surface area contributed by atoms with Crippen LogP contribution in [-0.4, -0.2) is 24.3 Å². The minimum atomic E-state index is 0.113. The Bertz CT molecular complexity index is 386. The Labute approximate surface area is 123 Å². The van der Waals surface area contributed by atoms with Crippen LogP contribution in [0.3, 0.4) is 0 Å². The molecule has 1 N–H and O–H groups in total. The lowest BCUT2D eigenvalue weighted by Gasteiger charge is -2.41. The van der Waals surface area contributed by atoms with E-state index in [1.807, 2.05) is 0 Å². The summed E-state index contributed by atoms with van der Waals surface area (Å²) >= 11 is 0. The van der Waals surface area contributed by atoms with Crippen LogP contribution in [0.1, 0.15) is 52.0 Å². The van der Waals surface area contributed by atoms with Gasteiger partial charge in [-0.05, 0) is 44.6 Å². The zero-order chi connectivity index (χ0) is 14.4. The Hall–Kier alpha value is -0.860. The summed E-state index contributed by atoms with van der Waals surface area (Å²) in [5.41, 5.74) is 1.53. The van der Waals surface area contributed by atoms with E-state index in [2.05, 4.69) is 56.4 Å². The molecule has 0 spiro atoms. The minimum Gasteiger partial charge on any atom is -0.375 e. The van der Waals surface area contributed by atoms with Crippen LogP contribution in [0.4, 0.5) is 0 Å². The molecule has 1 aliphatic heterocycles. The highest BCUT2D eigenvalue weighted by molar-refractivity contribution is 5.15. The Balaban J connectivity index is 1.86. The van der Waals surface area contributed by atoms with Gasteiger partial charge in [-0.3, -0.25) is 0 Å². The standard InChI is InChI=1S/C18H29NO/c1-4-18(5-2)14-17(11-12-20-18)19-15(3)13-16-9-7-6-8-10-16/h6-10,15,17,19H,4-5,11-14H2,1-3H3. The summed E-state index contributed by atoms with van der Waals surface area (Å²) in [6.07, 6.45) is 5.63. The van der Waals surface area contributed by atoms with Gasteiger partial charge in [-0.25, -0.2) is 0 Å². The largest absolute Gasteiger partial charge is 0.375 e. The summed E-state index contributed by atoms with van der Waals surface area (Å²) in [4.78, 5) is 0. The van der Waals surface area contributed by atoms with Gasteiger partial charge < -0.3 is 10.1 Å². The lowest BCUT2D eigenvalue weighted by atomic mass is 9.85. The molecule has 112 valence electrons. The maximum absolute atomic E-state index is 6.05. The van der Waals surface area contributed by atoms with Gasteiger partial charge in [0.05, 0.1) is 5.60 Å². The summed E-state index contributed by atoms with van der Waals surface area (Å²) < 4.78 is 6.05. The molecule has 1 fully saturated rings. The number of hydrogen-bond donors (Lipinski definition) is 1. The smallest absolute Gasteiger partial charge is 0.0692 e. The maximum atomic E-state index is 6.05. The second kappa shape index (κ2) is 7.24. The van der Waals surface area contributed by atoms with Crippen LogP contribution >= 0.6 is 0 Å². The first-order valence-corrected chi connectivity index (χ1v) is 8.11. The summed E-state index contributed by atoms with van der Waals surface area (Å²) in [6.45, 7) is 7.69. The first kappa shape index (κ1) is 15.5. The van der Waals surface area contributed by atoms with Crippen LogP contribution < -0.4 is 5.32 Å². The first-order valence-electron chi connectivity index (χ1n) is 8.11. The van der Waals surface area contributed by atoms with E-state index in [9.17, 15) is 0 Å². The number of rotatable bonds is 6. The van der Waals surface area contributed by atoms with E-state index < -0.39 is 0 Å². The second-order valence-electron chi connectivity index (χ2n) is 6.19. The van der Waals surface area contributed by atoms with Crippen LogP contribution in [0.2, 0.25) is 0 Å². The van der Waals surface area contributed by atoms with Crippen LogP contribution in [0.5, 0.6) is 0 Å². The molecule has 1 aromatic carbocycles. The predicted molar refractivity (Wildman–Crippen MR) is 85.0 cm³/mol. The lowest BCUT2D eigenvalue weighted by molar-refractivity contribution is -0.0939. The van der Waals surface area contributed by atoms with Gasteiger partial charge in [0, 0.05) is 18.7 Å². The van der Waals surface area contributed by atoms with Gasteiger partial charge in [-0.15, -0.1) is 0 Å². The fraction of sp³-hybridized carbons (Fsp3) is 0.667. The SMILES string of the molecule is CCC1(CC)CC(NC(C)Cc2ccccc2)CCO1. The zero-order valence-corrected chi connectivity index (χ0v) is 13.2. The molecule has 0 radical (unpaired) electrons. The van der Waals surface area contributed by atoms with Crippen molar-refractivity contribution in [2.24, 2.45) is 0 Å². The third kappa shape index (κ3) is 4.07. The van der Waals surface area contributed by atoms with E-state index in [1.165, 1.54) is 5.56 Å². The molecule has 1 saturated heterocycles. The zero-order valence-electron chi connectivity index (χ0n) is 13.2. The van der Waals surface area contributed by atoms with Crippen LogP contribution in [0.25, 0.3) is 0 Å². The molecule has 0 aliphatic carbocycles. The summed E-state index contributed by atoms with van der Waals surface area (Å²) in [7, 11) is 0. The second-order valence-corrected chi connectivity index (χ2v) is 6.19. The van der Waals surface area contributed by atoms with E-state index in [0.29, 0.717) is 12.1 Å². The first-order chi connectivity index (χ1) is 9.67. The monoisotopic (exact) mass is 275 g/mol. The van der Waals surface area contributed by atoms with E-state index >= 15 is 0 Å². The molecule has 0 bridgehead atoms. The molecule has 1 heterocycles. The number of benzene rings is 1. The number of nitrogens with one attached hydrogen (secondary N) is 1. The van der Waals surface area contributed by atoms with Gasteiger partial charge in [0.15, 0.2) is 0 Å². The van der Waals surface area contributed by atoms with Crippen molar-refractivity contribution in [2.75, 3.05) is 6.61 Å². The van der Waals surface area contributed by atoms with E-state index in [-0.39, 0.29) is 5.60 Å². The van der Waals surface area contributed by atoms with E-state index in [4.69, 9.17) is 4.74 Å². The highest BCUT2D eigenvalue weighted by Gasteiger charge is 2.34. The van der Waals surface area contributed by atoms with Crippen molar-refractivity contribution in [3.8, 4) is 0 Å². The molecule has 1 aliphatic rings. The van der Waals surface area contributed by atoms with Gasteiger partial charge in [0.25, 0.3) is 0 Å². The molecule has 2 atom stereocenters. The molecule has 2 nitrogen and oxygen atoms in total. The molecular formula is C18H29NO. The van der Waals surface area contributed by atoms with Gasteiger partial charge in [0.1, 0.15) is 0 Å². The predicted octanol–water partition coefficient (Wildman–Crippen LogP) is 3.95. The van der Waals surface area contributed by atoms with Gasteiger partial charge in [0.2, 0.25) is 0 Å². The van der Waals surface area contributed by atoms with Crippen molar-refractivity contribution in [1.82, 2.24) is 5.32 Å². The Morgan fingerprint density at radius 2 is 1.95 bits per heavy atom. The van der Waals surface area contributed by atoms with Crippen LogP contribution in [-0.2, 0) is 11.2 Å². The van der Waals surface area contributed by atoms with Crippen molar-refractivity contribution in [1.29, 1.82) is 0 Å². The van der Waals surface area contributed by atoms with Gasteiger partial charge >= 0.3 is 0 Å². The number of ether oxygens (including phenoxy) is 1. The van der Waals surface area contributed by atoms with Gasteiger partial charge in [-0.2, -0.15) is 0 Å². The summed E-state index contributed by atoms with van der Waals surface area (Å²) in [5.74, 6) is 0. The molecule has 20 heavy (non-hydrogen) atoms. The van der Waals surface area contributed by atoms with E-state index in [0.717, 1.165) is 38.7 Å².